The number of nitrogens with one attached hydrogen (secondary N) is 3. The Balaban J connectivity index is 5.40. The van der Waals surface area contributed by atoms with Gasteiger partial charge in [-0.3, -0.25) is 14.4 Å². The number of carbonyl (C=O) groups excluding carboxylic acids is 3. The van der Waals surface area contributed by atoms with E-state index in [2.05, 4.69) is 28.6 Å². The second-order valence-electron chi connectivity index (χ2n) is 8.85. The second-order valence-corrected chi connectivity index (χ2v) is 9.22. The number of nitrogens with two attached hydrogens (primary N) is 2. The first-order chi connectivity index (χ1) is 14.9. The highest BCUT2D eigenvalue weighted by Crippen LogP contribution is 2.09. The smallest absolute Gasteiger partial charge is 0.327 e. The molecule has 11 heteroatoms. The maximum Gasteiger partial charge on any atom is 0.327 e. The van der Waals surface area contributed by atoms with Gasteiger partial charge in [0.05, 0.1) is 6.04 Å². The standard InChI is InChI=1S/C21H41N5O5S/c1-12(2)9-14(23)18(27)24-15(7-5-6-8-22)19(28)25-16(10-13(3)4)20(29)26-17(11-32)21(30)31/h12-17,32H,5-11,22-23H2,1-4H3,(H,24,27)(H,25,28)(H,26,29)(H,30,31). The monoisotopic (exact) mass is 475 g/mol. The maximum absolute atomic E-state index is 13.0. The number of carboxylic acids is 1. The number of rotatable bonds is 16. The molecule has 0 radical (unpaired) electrons. The molecular formula is C21H41N5O5S. The van der Waals surface area contributed by atoms with Gasteiger partial charge >= 0.3 is 5.97 Å². The van der Waals surface area contributed by atoms with Crippen molar-refractivity contribution in [1.29, 1.82) is 0 Å². The minimum absolute atomic E-state index is 0.0510. The summed E-state index contributed by atoms with van der Waals surface area (Å²) >= 11 is 3.95. The van der Waals surface area contributed by atoms with Crippen LogP contribution in [0.5, 0.6) is 0 Å². The van der Waals surface area contributed by atoms with Crippen LogP contribution < -0.4 is 27.4 Å². The fraction of sp³-hybridized carbons (Fsp3) is 0.810. The first kappa shape index (κ1) is 30.1. The van der Waals surface area contributed by atoms with Crippen LogP contribution in [0.4, 0.5) is 0 Å². The van der Waals surface area contributed by atoms with E-state index in [1.165, 1.54) is 0 Å². The molecule has 10 nitrogen and oxygen atoms in total. The van der Waals surface area contributed by atoms with Gasteiger partial charge in [-0.2, -0.15) is 12.6 Å². The number of amides is 3. The van der Waals surface area contributed by atoms with Crippen molar-refractivity contribution in [2.24, 2.45) is 23.3 Å². The van der Waals surface area contributed by atoms with Gasteiger partial charge in [0.2, 0.25) is 17.7 Å². The maximum atomic E-state index is 13.0. The number of hydrogen-bond donors (Lipinski definition) is 7. The summed E-state index contributed by atoms with van der Waals surface area (Å²) in [5, 5.41) is 16.9. The van der Waals surface area contributed by atoms with Gasteiger partial charge in [-0.25, -0.2) is 4.79 Å². The summed E-state index contributed by atoms with van der Waals surface area (Å²) in [4.78, 5) is 49.4. The molecular weight excluding hydrogens is 434 g/mol. The summed E-state index contributed by atoms with van der Waals surface area (Å²) in [6, 6.07) is -3.76. The summed E-state index contributed by atoms with van der Waals surface area (Å²) < 4.78 is 0. The zero-order chi connectivity index (χ0) is 24.8. The van der Waals surface area contributed by atoms with E-state index < -0.39 is 47.9 Å². The molecule has 0 aromatic carbocycles. The minimum Gasteiger partial charge on any atom is -0.480 e. The molecule has 8 N–H and O–H groups in total. The molecule has 0 rings (SSSR count). The predicted molar refractivity (Wildman–Crippen MR) is 127 cm³/mol. The number of thiol groups is 1. The van der Waals surface area contributed by atoms with Crippen molar-refractivity contribution in [1.82, 2.24) is 16.0 Å². The average molecular weight is 476 g/mol. The first-order valence-corrected chi connectivity index (χ1v) is 11.8. The van der Waals surface area contributed by atoms with Gasteiger partial charge in [0.1, 0.15) is 18.1 Å². The second kappa shape index (κ2) is 15.9. The molecule has 0 spiro atoms. The van der Waals surface area contributed by atoms with Gasteiger partial charge in [0.15, 0.2) is 0 Å². The van der Waals surface area contributed by atoms with E-state index in [4.69, 9.17) is 16.6 Å². The molecule has 0 aromatic heterocycles. The van der Waals surface area contributed by atoms with Crippen LogP contribution in [0.25, 0.3) is 0 Å². The number of carbonyl (C=O) groups is 4. The lowest BCUT2D eigenvalue weighted by Gasteiger charge is -2.26. The molecule has 0 aromatic rings. The molecule has 0 aliphatic heterocycles. The van der Waals surface area contributed by atoms with Crippen molar-refractivity contribution < 1.29 is 24.3 Å². The Morgan fingerprint density at radius 3 is 1.78 bits per heavy atom. The van der Waals surface area contributed by atoms with Crippen LogP contribution in [0.1, 0.15) is 59.8 Å². The lowest BCUT2D eigenvalue weighted by atomic mass is 10.0. The SMILES string of the molecule is CC(C)CC(N)C(=O)NC(CCCCN)C(=O)NC(CC(C)C)C(=O)NC(CS)C(=O)O. The van der Waals surface area contributed by atoms with Crippen molar-refractivity contribution in [3.05, 3.63) is 0 Å². The lowest BCUT2D eigenvalue weighted by molar-refractivity contribution is -0.141. The summed E-state index contributed by atoms with van der Waals surface area (Å²) in [7, 11) is 0. The zero-order valence-electron chi connectivity index (χ0n) is 19.6. The average Bonchev–Trinajstić information content (AvgIpc) is 2.69. The van der Waals surface area contributed by atoms with Crippen molar-refractivity contribution in [2.45, 2.75) is 84.0 Å². The molecule has 0 heterocycles. The number of carboxylic acid groups (broad SMARTS) is 1. The number of unbranched alkanes of at least 4 members (excludes halogenated alkanes) is 1. The molecule has 32 heavy (non-hydrogen) atoms. The van der Waals surface area contributed by atoms with Crippen LogP contribution in [0.3, 0.4) is 0 Å². The van der Waals surface area contributed by atoms with Crippen molar-refractivity contribution >= 4 is 36.3 Å². The zero-order valence-corrected chi connectivity index (χ0v) is 20.5. The molecule has 3 amide bonds. The fourth-order valence-corrected chi connectivity index (χ4v) is 3.34. The fourth-order valence-electron chi connectivity index (χ4n) is 3.09. The molecule has 0 fully saturated rings. The molecule has 0 aliphatic rings. The Labute approximate surface area is 196 Å². The van der Waals surface area contributed by atoms with Crippen LogP contribution in [0.2, 0.25) is 0 Å². The Hall–Kier alpha value is -1.85. The van der Waals surface area contributed by atoms with Gasteiger partial charge < -0.3 is 32.5 Å². The van der Waals surface area contributed by atoms with Crippen LogP contribution in [-0.4, -0.2) is 65.3 Å². The number of hydrogen-bond acceptors (Lipinski definition) is 7. The highest BCUT2D eigenvalue weighted by molar-refractivity contribution is 7.80. The van der Waals surface area contributed by atoms with Crippen LogP contribution >= 0.6 is 12.6 Å². The van der Waals surface area contributed by atoms with Crippen LogP contribution in [0.15, 0.2) is 0 Å². The summed E-state index contributed by atoms with van der Waals surface area (Å²) in [5.74, 6) is -2.60. The lowest BCUT2D eigenvalue weighted by Crippen LogP contribution is -2.57. The molecule has 186 valence electrons. The van der Waals surface area contributed by atoms with Gasteiger partial charge in [0, 0.05) is 5.75 Å². The summed E-state index contributed by atoms with van der Waals surface area (Å²) in [6.07, 6.45) is 2.40. The van der Waals surface area contributed by atoms with Crippen LogP contribution in [-0.2, 0) is 19.2 Å². The Kier molecular flexibility index (Phi) is 15.0. The third-order valence-electron chi connectivity index (χ3n) is 4.78. The van der Waals surface area contributed by atoms with E-state index >= 15 is 0 Å². The summed E-state index contributed by atoms with van der Waals surface area (Å²) in [5.41, 5.74) is 11.5. The molecule has 0 aliphatic carbocycles. The topological polar surface area (TPSA) is 177 Å². The highest BCUT2D eigenvalue weighted by atomic mass is 32.1. The Morgan fingerprint density at radius 2 is 1.31 bits per heavy atom. The van der Waals surface area contributed by atoms with Gasteiger partial charge in [-0.15, -0.1) is 0 Å². The van der Waals surface area contributed by atoms with Gasteiger partial charge in [0.25, 0.3) is 0 Å². The highest BCUT2D eigenvalue weighted by Gasteiger charge is 2.30. The molecule has 4 atom stereocenters. The van der Waals surface area contributed by atoms with E-state index in [0.29, 0.717) is 38.6 Å². The van der Waals surface area contributed by atoms with E-state index in [1.807, 2.05) is 27.7 Å². The van der Waals surface area contributed by atoms with E-state index in [0.717, 1.165) is 0 Å². The van der Waals surface area contributed by atoms with Crippen molar-refractivity contribution in [3.8, 4) is 0 Å². The molecule has 0 saturated carbocycles. The normalized spacial score (nSPS) is 15.0. The van der Waals surface area contributed by atoms with Crippen molar-refractivity contribution in [3.63, 3.8) is 0 Å². The summed E-state index contributed by atoms with van der Waals surface area (Å²) in [6.45, 7) is 8.11. The third-order valence-corrected chi connectivity index (χ3v) is 5.14. The number of aliphatic carboxylic acids is 1. The Morgan fingerprint density at radius 1 is 0.812 bits per heavy atom. The van der Waals surface area contributed by atoms with Crippen LogP contribution in [0, 0.1) is 11.8 Å². The van der Waals surface area contributed by atoms with Gasteiger partial charge in [-0.05, 0) is 50.5 Å². The molecule has 0 bridgehead atoms. The van der Waals surface area contributed by atoms with E-state index in [1.54, 1.807) is 0 Å². The quantitative estimate of drug-likeness (QED) is 0.121. The van der Waals surface area contributed by atoms with E-state index in [9.17, 15) is 19.2 Å². The molecule has 0 saturated heterocycles. The largest absolute Gasteiger partial charge is 0.480 e. The minimum atomic E-state index is -1.21. The third kappa shape index (κ3) is 12.3. The predicted octanol–water partition coefficient (Wildman–Crippen LogP) is 0.00370. The van der Waals surface area contributed by atoms with Crippen molar-refractivity contribution in [2.75, 3.05) is 12.3 Å². The molecule has 4 unspecified atom stereocenters. The Bertz CT molecular complexity index is 617. The van der Waals surface area contributed by atoms with E-state index in [-0.39, 0.29) is 17.6 Å². The first-order valence-electron chi connectivity index (χ1n) is 11.1. The van der Waals surface area contributed by atoms with Gasteiger partial charge in [-0.1, -0.05) is 27.7 Å².